The van der Waals surface area contributed by atoms with Gasteiger partial charge in [-0.15, -0.1) is 0 Å². The van der Waals surface area contributed by atoms with Crippen LogP contribution in [0.3, 0.4) is 0 Å². The maximum Gasteiger partial charge on any atom is 0.203 e. The Labute approximate surface area is 722 Å². The summed E-state index contributed by atoms with van der Waals surface area (Å²) in [4.78, 5) is 96.5. The minimum Gasteiger partial charge on any atom is -0.453 e. The first-order valence-corrected chi connectivity index (χ1v) is 41.6. The van der Waals surface area contributed by atoms with E-state index in [1.807, 2.05) is 426 Å². The number of hydrogen-bond acceptors (Lipinski definition) is 15. The minimum absolute atomic E-state index is 0.0405. The number of Topliss-reactive ketones (excluding diaryl/α,β-unsaturated/α-hetero) is 8. The molecule has 0 radical (unpaired) electrons. The van der Waals surface area contributed by atoms with Crippen molar-refractivity contribution in [1.29, 1.82) is 0 Å². The highest BCUT2D eigenvalue weighted by Crippen LogP contribution is 2.34. The lowest BCUT2D eigenvalue weighted by atomic mass is 9.85. The van der Waals surface area contributed by atoms with Gasteiger partial charge < -0.3 is 23.1 Å². The molecular formula is C103H122N10O10. The lowest BCUT2D eigenvalue weighted by Gasteiger charge is -2.26. The highest BCUT2D eigenvalue weighted by molar-refractivity contribution is 6.06. The van der Waals surface area contributed by atoms with Gasteiger partial charge in [0.15, 0.2) is 46.2 Å². The molecule has 2 N–H and O–H groups in total. The summed E-state index contributed by atoms with van der Waals surface area (Å²) < 4.78 is 18.6. The molecule has 0 saturated heterocycles. The van der Waals surface area contributed by atoms with Crippen molar-refractivity contribution in [3.05, 3.63) is 294 Å². The maximum atomic E-state index is 12.2. The van der Waals surface area contributed by atoms with Crippen molar-refractivity contribution in [2.45, 2.75) is 193 Å². The third-order valence-corrected chi connectivity index (χ3v) is 20.3. The van der Waals surface area contributed by atoms with Crippen molar-refractivity contribution in [2.75, 3.05) is 0 Å². The molecule has 20 nitrogen and oxygen atoms in total. The first kappa shape index (κ1) is 94.1. The number of pyridine rings is 4. The van der Waals surface area contributed by atoms with Crippen LogP contribution in [0.25, 0.3) is 54.9 Å². The van der Waals surface area contributed by atoms with Gasteiger partial charge >= 0.3 is 0 Å². The number of rotatable bonds is 8. The molecule has 2 aliphatic rings. The Morgan fingerprint density at radius 2 is 0.927 bits per heavy atom. The Hall–Kier alpha value is -12.7. The topological polar surface area (TPSA) is 250 Å². The number of aromatic nitrogens is 8. The standard InChI is InChI=1S/C14H17NO.C14H16O2.C13H16N2O.C13H15NO.C13H14O2.C12H14N2O.C12H16N2O.C12H14N2O/c1-10-11(13(16)14(2,3)4)9-15-8-6-5-7-12(10)15;1-9-10-7-5-6-8-11(10)16-12(9)13(15)14(2,3)4;1-9-10-7-5-6-8-15(10)14-11(9)12(16)13(2,3)4;1-13(2,3)12(15)10-8-11-6-4-5-7-14(11)9-10;1-13(2,3)12(14)11-8-9-6-4-5-7-10(9)15-11;1-12(2,3)11(15)8-4-5-9-7-13-14-10(9)6-8;1-12(2,3)11(15)9-4-5-10-6-7-13-14(10)8-9;1-12(2,3)11(15)10-8-9-6-4-5-7-14(9)13-10/h5-9H,1-4H3;2*5-8H,1-4H3;4-9H,1-3H3;4-8H,1-3H3;4-7H,1-3H3,(H,13,14);4-8,10,13H,1-3H3;4-8H,1-3H3. The summed E-state index contributed by atoms with van der Waals surface area (Å²) >= 11 is 0. The molecule has 1 atom stereocenters. The fourth-order valence-corrected chi connectivity index (χ4v) is 13.0. The van der Waals surface area contributed by atoms with E-state index in [9.17, 15) is 38.4 Å². The minimum atomic E-state index is -0.404. The van der Waals surface area contributed by atoms with Crippen LogP contribution in [0, 0.1) is 64.1 Å². The van der Waals surface area contributed by atoms with Gasteiger partial charge in [-0.1, -0.05) is 251 Å². The summed E-state index contributed by atoms with van der Waals surface area (Å²) in [7, 11) is 0. The fraction of sp³-hybridized carbons (Fsp3) is 0.350. The number of nitrogens with one attached hydrogen (secondary N) is 2. The number of aryl methyl sites for hydroxylation is 3. The van der Waals surface area contributed by atoms with Gasteiger partial charge in [-0.3, -0.25) is 48.5 Å². The van der Waals surface area contributed by atoms with Gasteiger partial charge in [0.2, 0.25) is 11.6 Å². The summed E-state index contributed by atoms with van der Waals surface area (Å²) in [5, 5.41) is 20.3. The van der Waals surface area contributed by atoms with Crippen LogP contribution in [0.4, 0.5) is 0 Å². The number of carbonyl (C=O) groups excluding carboxylic acids is 8. The lowest BCUT2D eigenvalue weighted by molar-refractivity contribution is -0.122. The average Bonchev–Trinajstić information content (AvgIpc) is 1.76. The number of fused-ring (bicyclic) bond motifs is 8. The third-order valence-electron chi connectivity index (χ3n) is 20.3. The zero-order valence-electron chi connectivity index (χ0n) is 76.7. The van der Waals surface area contributed by atoms with Gasteiger partial charge in [0.1, 0.15) is 22.6 Å². The molecule has 13 heterocycles. The molecule has 11 aromatic heterocycles. The smallest absolute Gasteiger partial charge is 0.203 e. The average molecular weight is 1660 g/mol. The van der Waals surface area contributed by atoms with Crippen molar-refractivity contribution in [1.82, 2.24) is 48.7 Å². The van der Waals surface area contributed by atoms with E-state index >= 15 is 0 Å². The predicted octanol–water partition coefficient (Wildman–Crippen LogP) is 24.3. The summed E-state index contributed by atoms with van der Waals surface area (Å²) in [5.41, 5.74) is 14.0. The SMILES string of the molecule is CC(C)(C)C(=O)C1=CN2NC=CC2C=C1.CC(C)(C)C(=O)c1cc2ccccc2o1.CC(C)(C)C(=O)c1cc2ccccn2c1.CC(C)(C)C(=O)c1cc2ccccn2n1.CC(C)(C)C(=O)c1ccc2cn[nH]c2c1.Cc1c(C(=O)C(C)(C)C)cn2ccccc12.Cc1c(C(=O)C(C)(C)C)nn2ccccc12.Cc1c(C(=O)C(C)(C)C)oc2ccccc12. The van der Waals surface area contributed by atoms with Crippen LogP contribution in [0.2, 0.25) is 0 Å². The van der Waals surface area contributed by atoms with Crippen molar-refractivity contribution < 1.29 is 47.2 Å². The van der Waals surface area contributed by atoms with Crippen LogP contribution in [0.5, 0.6) is 0 Å². The first-order chi connectivity index (χ1) is 57.1. The molecule has 2 aliphatic heterocycles. The molecule has 14 aromatic rings. The van der Waals surface area contributed by atoms with E-state index in [1.54, 1.807) is 15.2 Å². The first-order valence-electron chi connectivity index (χ1n) is 41.6. The lowest BCUT2D eigenvalue weighted by Crippen LogP contribution is -2.35. The number of hydrazine groups is 1. The van der Waals surface area contributed by atoms with Crippen molar-refractivity contribution in [2.24, 2.45) is 43.3 Å². The van der Waals surface area contributed by atoms with Crippen LogP contribution < -0.4 is 5.43 Å². The summed E-state index contributed by atoms with van der Waals surface area (Å²) in [5.74, 6) is 1.92. The number of para-hydroxylation sites is 2. The van der Waals surface area contributed by atoms with Crippen molar-refractivity contribution in [3.63, 3.8) is 0 Å². The van der Waals surface area contributed by atoms with Crippen molar-refractivity contribution >= 4 is 101 Å². The molecule has 644 valence electrons. The van der Waals surface area contributed by atoms with Gasteiger partial charge in [-0.25, -0.2) is 9.03 Å². The number of H-pyrrole nitrogens is 1. The molecule has 1 unspecified atom stereocenters. The van der Waals surface area contributed by atoms with Gasteiger partial charge in [-0.05, 0) is 117 Å². The van der Waals surface area contributed by atoms with Crippen LogP contribution in [0.1, 0.15) is 256 Å². The molecule has 0 bridgehead atoms. The normalized spacial score (nSPS) is 13.4. The van der Waals surface area contributed by atoms with Crippen LogP contribution in [-0.4, -0.2) is 95.5 Å². The molecule has 16 rings (SSSR count). The fourth-order valence-electron chi connectivity index (χ4n) is 13.0. The number of furan rings is 2. The predicted molar refractivity (Wildman–Crippen MR) is 494 cm³/mol. The van der Waals surface area contributed by atoms with E-state index in [0.717, 1.165) is 93.9 Å². The summed E-state index contributed by atoms with van der Waals surface area (Å²) in [6.45, 7) is 52.0. The van der Waals surface area contributed by atoms with E-state index in [2.05, 4.69) is 25.8 Å². The number of hydrogen-bond donors (Lipinski definition) is 2. The second kappa shape index (κ2) is 37.3. The molecule has 0 saturated carbocycles. The molecule has 0 aliphatic carbocycles. The Morgan fingerprint density at radius 3 is 1.49 bits per heavy atom. The Balaban J connectivity index is 0.000000159. The molecule has 3 aromatic carbocycles. The Kier molecular flexibility index (Phi) is 28.6. The van der Waals surface area contributed by atoms with Crippen LogP contribution >= 0.6 is 0 Å². The second-order valence-electron chi connectivity index (χ2n) is 39.4. The zero-order chi connectivity index (χ0) is 91.0. The number of benzene rings is 3. The largest absolute Gasteiger partial charge is 0.453 e. The number of aromatic amines is 1. The van der Waals surface area contributed by atoms with Gasteiger partial charge in [-0.2, -0.15) is 15.3 Å². The number of carbonyl (C=O) groups is 8. The molecular weight excluding hydrogens is 1540 g/mol. The Morgan fingerprint density at radius 1 is 0.398 bits per heavy atom. The third kappa shape index (κ3) is 23.5. The molecule has 123 heavy (non-hydrogen) atoms. The number of ketones is 8. The van der Waals surface area contributed by atoms with E-state index < -0.39 is 10.8 Å². The van der Waals surface area contributed by atoms with E-state index in [0.29, 0.717) is 22.9 Å². The van der Waals surface area contributed by atoms with Crippen molar-refractivity contribution in [3.8, 4) is 0 Å². The van der Waals surface area contributed by atoms with E-state index in [4.69, 9.17) is 8.83 Å². The molecule has 0 amide bonds. The number of nitrogens with zero attached hydrogens (tertiary/aromatic N) is 8. The van der Waals surface area contributed by atoms with E-state index in [-0.39, 0.29) is 84.8 Å². The second-order valence-corrected chi connectivity index (χ2v) is 39.4. The monoisotopic (exact) mass is 1660 g/mol. The summed E-state index contributed by atoms with van der Waals surface area (Å²) in [6, 6.07) is 50.4. The maximum absolute atomic E-state index is 12.2. The molecule has 0 spiro atoms. The van der Waals surface area contributed by atoms with Crippen LogP contribution in [0.15, 0.2) is 246 Å². The van der Waals surface area contributed by atoms with Gasteiger partial charge in [0.05, 0.1) is 28.8 Å². The van der Waals surface area contributed by atoms with E-state index in [1.165, 1.54) is 0 Å². The molecule has 0 fully saturated rings. The quantitative estimate of drug-likeness (QED) is 0.134. The zero-order valence-corrected chi connectivity index (χ0v) is 76.7. The molecule has 20 heteroatoms. The highest BCUT2D eigenvalue weighted by Gasteiger charge is 2.33. The highest BCUT2D eigenvalue weighted by atomic mass is 16.3. The van der Waals surface area contributed by atoms with Gasteiger partial charge in [0, 0.05) is 153 Å². The summed E-state index contributed by atoms with van der Waals surface area (Å²) in [6.07, 6.45) is 22.9. The number of allylic oxidation sites excluding steroid dienone is 2. The van der Waals surface area contributed by atoms with Gasteiger partial charge in [0.25, 0.3) is 0 Å². The van der Waals surface area contributed by atoms with Crippen LogP contribution in [-0.2, 0) is 4.79 Å². The Bertz CT molecular complexity index is 5700.